The largest absolute Gasteiger partial charge is 0.508 e. The topological polar surface area (TPSA) is 71.5 Å². The van der Waals surface area contributed by atoms with Crippen molar-refractivity contribution < 1.29 is 14.6 Å². The summed E-state index contributed by atoms with van der Waals surface area (Å²) in [6.07, 6.45) is 1.74. The predicted molar refractivity (Wildman–Crippen MR) is 112 cm³/mol. The Balaban J connectivity index is 1.42. The summed E-state index contributed by atoms with van der Waals surface area (Å²) in [7, 11) is 0. The lowest BCUT2D eigenvalue weighted by molar-refractivity contribution is 0.0952. The van der Waals surface area contributed by atoms with Crippen LogP contribution in [-0.2, 0) is 13.2 Å². The molecule has 0 fully saturated rings. The second-order valence-electron chi connectivity index (χ2n) is 6.65. The first-order valence-electron chi connectivity index (χ1n) is 9.31. The lowest BCUT2D eigenvalue weighted by Gasteiger charge is -2.10. The molecule has 4 rings (SSSR count). The lowest BCUT2D eigenvalue weighted by atomic mass is 10.0. The molecule has 0 spiro atoms. The van der Waals surface area contributed by atoms with Crippen LogP contribution in [-0.4, -0.2) is 16.0 Å². The minimum atomic E-state index is -0.166. The van der Waals surface area contributed by atoms with E-state index in [1.54, 1.807) is 30.5 Å². The normalized spacial score (nSPS) is 10.6. The van der Waals surface area contributed by atoms with Gasteiger partial charge in [-0.05, 0) is 64.9 Å². The number of carbonyl (C=O) groups is 1. The van der Waals surface area contributed by atoms with E-state index in [9.17, 15) is 9.90 Å². The molecule has 1 heterocycles. The molecule has 0 atom stereocenters. The van der Waals surface area contributed by atoms with Crippen LogP contribution in [0.15, 0.2) is 85.1 Å². The minimum Gasteiger partial charge on any atom is -0.508 e. The Hall–Kier alpha value is -3.86. The molecule has 2 N–H and O–H groups in total. The molecule has 0 bridgehead atoms. The van der Waals surface area contributed by atoms with E-state index in [4.69, 9.17) is 4.74 Å². The third-order valence-corrected chi connectivity index (χ3v) is 4.57. The third kappa shape index (κ3) is 4.52. The fourth-order valence-electron chi connectivity index (χ4n) is 3.13. The number of amides is 1. The van der Waals surface area contributed by atoms with Crippen LogP contribution < -0.4 is 10.1 Å². The van der Waals surface area contributed by atoms with Crippen LogP contribution in [0.3, 0.4) is 0 Å². The fraction of sp³-hybridized carbons (Fsp3) is 0.0833. The molecule has 29 heavy (non-hydrogen) atoms. The maximum Gasteiger partial charge on any atom is 0.252 e. The van der Waals surface area contributed by atoms with E-state index in [1.807, 2.05) is 54.6 Å². The van der Waals surface area contributed by atoms with Crippen LogP contribution >= 0.6 is 0 Å². The van der Waals surface area contributed by atoms with E-state index in [-0.39, 0.29) is 11.7 Å². The number of rotatable bonds is 6. The summed E-state index contributed by atoms with van der Waals surface area (Å²) in [5, 5.41) is 14.2. The molecule has 0 saturated heterocycles. The van der Waals surface area contributed by atoms with Gasteiger partial charge in [-0.1, -0.05) is 30.3 Å². The molecule has 0 aliphatic heterocycles. The Morgan fingerprint density at radius 1 is 0.966 bits per heavy atom. The average molecular weight is 384 g/mol. The van der Waals surface area contributed by atoms with Crippen LogP contribution in [0.4, 0.5) is 0 Å². The highest BCUT2D eigenvalue weighted by Crippen LogP contribution is 2.23. The second kappa shape index (κ2) is 8.44. The molecule has 144 valence electrons. The zero-order chi connectivity index (χ0) is 20.1. The van der Waals surface area contributed by atoms with Gasteiger partial charge in [0.15, 0.2) is 0 Å². The second-order valence-corrected chi connectivity index (χ2v) is 6.65. The zero-order valence-corrected chi connectivity index (χ0v) is 15.7. The molecular weight excluding hydrogens is 364 g/mol. The van der Waals surface area contributed by atoms with E-state index < -0.39 is 0 Å². The number of phenols is 1. The molecule has 0 saturated carbocycles. The molecule has 3 aromatic carbocycles. The lowest BCUT2D eigenvalue weighted by Crippen LogP contribution is -2.23. The van der Waals surface area contributed by atoms with Gasteiger partial charge in [0, 0.05) is 18.3 Å². The third-order valence-electron chi connectivity index (χ3n) is 4.57. The first-order chi connectivity index (χ1) is 14.2. The first-order valence-corrected chi connectivity index (χ1v) is 9.31. The molecule has 0 aliphatic carbocycles. The molecule has 1 amide bonds. The van der Waals surface area contributed by atoms with Crippen LogP contribution in [0.5, 0.6) is 11.5 Å². The van der Waals surface area contributed by atoms with E-state index in [0.29, 0.717) is 18.7 Å². The smallest absolute Gasteiger partial charge is 0.252 e. The molecule has 0 unspecified atom stereocenters. The molecule has 0 aliphatic rings. The predicted octanol–water partition coefficient (Wildman–Crippen LogP) is 4.45. The van der Waals surface area contributed by atoms with Gasteiger partial charge in [-0.2, -0.15) is 0 Å². The minimum absolute atomic E-state index is 0.166. The monoisotopic (exact) mass is 384 g/mol. The van der Waals surface area contributed by atoms with Crippen molar-refractivity contribution in [2.45, 2.75) is 13.2 Å². The van der Waals surface area contributed by atoms with Gasteiger partial charge in [-0.15, -0.1) is 0 Å². The first kappa shape index (κ1) is 18.5. The Morgan fingerprint density at radius 3 is 2.72 bits per heavy atom. The van der Waals surface area contributed by atoms with Gasteiger partial charge >= 0.3 is 0 Å². The van der Waals surface area contributed by atoms with Crippen molar-refractivity contribution in [3.8, 4) is 11.5 Å². The van der Waals surface area contributed by atoms with Crippen LogP contribution in [0.25, 0.3) is 10.8 Å². The number of hydrogen-bond donors (Lipinski definition) is 2. The molecule has 5 heteroatoms. The summed E-state index contributed by atoms with van der Waals surface area (Å²) in [6, 6.07) is 23.8. The summed E-state index contributed by atoms with van der Waals surface area (Å²) in [5.41, 5.74) is 2.37. The molecule has 1 aromatic heterocycles. The number of benzene rings is 3. The Morgan fingerprint density at radius 2 is 1.86 bits per heavy atom. The van der Waals surface area contributed by atoms with Crippen LogP contribution in [0.1, 0.15) is 21.6 Å². The maximum atomic E-state index is 12.7. The molecule has 5 nitrogen and oxygen atoms in total. The summed E-state index contributed by atoms with van der Waals surface area (Å²) in [5.74, 6) is 0.738. The van der Waals surface area contributed by atoms with Gasteiger partial charge in [0.05, 0.1) is 5.69 Å². The Kier molecular flexibility index (Phi) is 5.38. The van der Waals surface area contributed by atoms with Gasteiger partial charge in [0.25, 0.3) is 5.91 Å². The number of hydrogen-bond acceptors (Lipinski definition) is 4. The van der Waals surface area contributed by atoms with E-state index in [0.717, 1.165) is 27.8 Å². The summed E-state index contributed by atoms with van der Waals surface area (Å²) in [4.78, 5) is 16.9. The van der Waals surface area contributed by atoms with Gasteiger partial charge in [0.1, 0.15) is 18.1 Å². The standard InChI is InChI=1S/C24H20N2O3/c27-20-10-11-22-18(14-20)6-4-9-23(22)24(28)26-15-17-5-3-8-21(13-17)29-16-19-7-1-2-12-25-19/h1-14,27H,15-16H2,(H,26,28). The highest BCUT2D eigenvalue weighted by Gasteiger charge is 2.10. The average Bonchev–Trinajstić information content (AvgIpc) is 2.76. The number of phenolic OH excluding ortho intramolecular Hbond substituents is 1. The summed E-state index contributed by atoms with van der Waals surface area (Å²) in [6.45, 7) is 0.771. The fourth-order valence-corrected chi connectivity index (χ4v) is 3.13. The van der Waals surface area contributed by atoms with Crippen molar-refractivity contribution in [1.82, 2.24) is 10.3 Å². The van der Waals surface area contributed by atoms with Crippen molar-refractivity contribution in [3.63, 3.8) is 0 Å². The number of aromatic hydroxyl groups is 1. The zero-order valence-electron chi connectivity index (χ0n) is 15.7. The highest BCUT2D eigenvalue weighted by atomic mass is 16.5. The van der Waals surface area contributed by atoms with Crippen molar-refractivity contribution in [3.05, 3.63) is 102 Å². The highest BCUT2D eigenvalue weighted by molar-refractivity contribution is 6.07. The van der Waals surface area contributed by atoms with Crippen LogP contribution in [0, 0.1) is 0 Å². The molecule has 0 radical (unpaired) electrons. The number of fused-ring (bicyclic) bond motifs is 1. The number of nitrogens with one attached hydrogen (secondary N) is 1. The van der Waals surface area contributed by atoms with Gasteiger partial charge in [-0.3, -0.25) is 9.78 Å². The van der Waals surface area contributed by atoms with Crippen LogP contribution in [0.2, 0.25) is 0 Å². The maximum absolute atomic E-state index is 12.7. The summed E-state index contributed by atoms with van der Waals surface area (Å²) < 4.78 is 5.79. The van der Waals surface area contributed by atoms with Crippen molar-refractivity contribution in [1.29, 1.82) is 0 Å². The van der Waals surface area contributed by atoms with E-state index >= 15 is 0 Å². The molecular formula is C24H20N2O3. The molecule has 4 aromatic rings. The Labute approximate surface area is 168 Å². The van der Waals surface area contributed by atoms with E-state index in [2.05, 4.69) is 10.3 Å². The Bertz CT molecular complexity index is 1140. The van der Waals surface area contributed by atoms with E-state index in [1.165, 1.54) is 0 Å². The number of nitrogens with zero attached hydrogens (tertiary/aromatic N) is 1. The SMILES string of the molecule is O=C(NCc1cccc(OCc2ccccn2)c1)c1cccc2cc(O)ccc12. The van der Waals surface area contributed by atoms with Gasteiger partial charge in [-0.25, -0.2) is 0 Å². The quantitative estimate of drug-likeness (QED) is 0.515. The number of ether oxygens (including phenoxy) is 1. The summed E-state index contributed by atoms with van der Waals surface area (Å²) >= 11 is 0. The van der Waals surface area contributed by atoms with Gasteiger partial charge in [0.2, 0.25) is 0 Å². The number of pyridine rings is 1. The number of aromatic nitrogens is 1. The van der Waals surface area contributed by atoms with Crippen molar-refractivity contribution in [2.24, 2.45) is 0 Å². The van der Waals surface area contributed by atoms with Crippen molar-refractivity contribution in [2.75, 3.05) is 0 Å². The number of carbonyl (C=O) groups excluding carboxylic acids is 1. The van der Waals surface area contributed by atoms with Crippen molar-refractivity contribution >= 4 is 16.7 Å². The van der Waals surface area contributed by atoms with Gasteiger partial charge < -0.3 is 15.2 Å².